The number of hydrogen-bond donors (Lipinski definition) is 0. The fourth-order valence-electron chi connectivity index (χ4n) is 0.823. The lowest BCUT2D eigenvalue weighted by Gasteiger charge is -2.10. The molecule has 0 bridgehead atoms. The molecule has 0 amide bonds. The highest BCUT2D eigenvalue weighted by molar-refractivity contribution is 7.88. The molecule has 0 unspecified atom stereocenters. The summed E-state index contributed by atoms with van der Waals surface area (Å²) in [6.45, 7) is 0. The van der Waals surface area contributed by atoms with Gasteiger partial charge < -0.3 is 4.18 Å². The molecule has 4 nitrogen and oxygen atoms in total. The van der Waals surface area contributed by atoms with Gasteiger partial charge in [-0.3, -0.25) is 4.79 Å². The zero-order chi connectivity index (χ0) is 13.3. The molecule has 0 saturated heterocycles. The van der Waals surface area contributed by atoms with Crippen molar-refractivity contribution < 1.29 is 30.6 Å². The van der Waals surface area contributed by atoms with Gasteiger partial charge >= 0.3 is 15.6 Å². The third kappa shape index (κ3) is 3.10. The highest BCUT2D eigenvalue weighted by Crippen LogP contribution is 2.31. The van der Waals surface area contributed by atoms with Gasteiger partial charge in [0.15, 0.2) is 5.75 Å². The first kappa shape index (κ1) is 13.8. The van der Waals surface area contributed by atoms with Crippen LogP contribution in [0, 0.1) is 0 Å². The number of carbonyl (C=O) groups is 1. The van der Waals surface area contributed by atoms with Crippen molar-refractivity contribution in [3.63, 3.8) is 0 Å². The lowest BCUT2D eigenvalue weighted by Crippen LogP contribution is -2.28. The summed E-state index contributed by atoms with van der Waals surface area (Å²) in [5.41, 5.74) is -5.47. The maximum atomic E-state index is 12.0. The Morgan fingerprint density at radius 2 is 1.88 bits per heavy atom. The van der Waals surface area contributed by atoms with Crippen LogP contribution in [-0.4, -0.2) is 20.2 Å². The standard InChI is InChI=1S/C8H4ClF3O4S/c9-6-3-5(4-13)1-2-7(6)16-17(14,15)8(10,11)12/h1-4H. The Bertz CT molecular complexity index is 538. The molecule has 17 heavy (non-hydrogen) atoms. The molecule has 0 N–H and O–H groups in total. The van der Waals surface area contributed by atoms with Gasteiger partial charge in [-0.1, -0.05) is 11.6 Å². The van der Waals surface area contributed by atoms with Gasteiger partial charge in [-0.05, 0) is 18.2 Å². The van der Waals surface area contributed by atoms with E-state index < -0.39 is 26.4 Å². The predicted molar refractivity (Wildman–Crippen MR) is 52.4 cm³/mol. The van der Waals surface area contributed by atoms with Crippen LogP contribution in [0.4, 0.5) is 13.2 Å². The average molecular weight is 289 g/mol. The second kappa shape index (κ2) is 4.53. The second-order valence-electron chi connectivity index (χ2n) is 2.79. The van der Waals surface area contributed by atoms with Crippen molar-refractivity contribution in [2.45, 2.75) is 5.51 Å². The van der Waals surface area contributed by atoms with E-state index in [1.165, 1.54) is 0 Å². The number of aldehydes is 1. The topological polar surface area (TPSA) is 60.4 Å². The van der Waals surface area contributed by atoms with E-state index in [9.17, 15) is 26.4 Å². The van der Waals surface area contributed by atoms with Crippen LogP contribution in [0.5, 0.6) is 5.75 Å². The lowest BCUT2D eigenvalue weighted by atomic mass is 10.2. The van der Waals surface area contributed by atoms with Gasteiger partial charge in [-0.15, -0.1) is 0 Å². The van der Waals surface area contributed by atoms with Crippen LogP contribution >= 0.6 is 11.6 Å². The normalized spacial score (nSPS) is 12.2. The first-order chi connectivity index (χ1) is 7.67. The third-order valence-corrected chi connectivity index (χ3v) is 2.84. The SMILES string of the molecule is O=Cc1ccc(OS(=O)(=O)C(F)(F)F)c(Cl)c1. The van der Waals surface area contributed by atoms with Gasteiger partial charge in [0.1, 0.15) is 6.29 Å². The van der Waals surface area contributed by atoms with Crippen molar-refractivity contribution in [3.05, 3.63) is 28.8 Å². The molecule has 0 heterocycles. The minimum atomic E-state index is -5.77. The molecule has 0 saturated carbocycles. The smallest absolute Gasteiger partial charge is 0.374 e. The molecule has 0 aliphatic carbocycles. The quantitative estimate of drug-likeness (QED) is 0.487. The molecule has 1 rings (SSSR count). The number of carbonyl (C=O) groups excluding carboxylic acids is 1. The summed E-state index contributed by atoms with van der Waals surface area (Å²) in [4.78, 5) is 10.3. The third-order valence-electron chi connectivity index (χ3n) is 1.57. The summed E-state index contributed by atoms with van der Waals surface area (Å²) in [7, 11) is -5.77. The van der Waals surface area contributed by atoms with E-state index in [0.29, 0.717) is 6.29 Å². The molecule has 0 spiro atoms. The number of alkyl halides is 3. The molecule has 0 radical (unpaired) electrons. The molecule has 0 aromatic heterocycles. The average Bonchev–Trinajstić information content (AvgIpc) is 2.19. The first-order valence-electron chi connectivity index (χ1n) is 3.93. The van der Waals surface area contributed by atoms with Crippen LogP contribution in [0.2, 0.25) is 5.02 Å². The van der Waals surface area contributed by atoms with Crippen molar-refractivity contribution in [1.82, 2.24) is 0 Å². The molecule has 1 aromatic carbocycles. The summed E-state index contributed by atoms with van der Waals surface area (Å²) in [5.74, 6) is -0.699. The Morgan fingerprint density at radius 3 is 2.29 bits per heavy atom. The molecule has 0 fully saturated rings. The molecule has 0 aliphatic rings. The predicted octanol–water partition coefficient (Wildman–Crippen LogP) is 2.38. The molecule has 9 heteroatoms. The summed E-state index contributed by atoms with van der Waals surface area (Å²) in [6, 6.07) is 2.91. The summed E-state index contributed by atoms with van der Waals surface area (Å²) < 4.78 is 61.1. The number of halogens is 4. The molecular formula is C8H4ClF3O4S. The van der Waals surface area contributed by atoms with E-state index >= 15 is 0 Å². The Hall–Kier alpha value is -1.28. The molecule has 0 aliphatic heterocycles. The van der Waals surface area contributed by atoms with Gasteiger partial charge in [0, 0.05) is 5.56 Å². The van der Waals surface area contributed by atoms with Crippen LogP contribution in [0.15, 0.2) is 18.2 Å². The Kier molecular flexibility index (Phi) is 3.68. The molecule has 0 atom stereocenters. The van der Waals surface area contributed by atoms with Crippen LogP contribution < -0.4 is 4.18 Å². The Morgan fingerprint density at radius 1 is 1.29 bits per heavy atom. The van der Waals surface area contributed by atoms with Gasteiger partial charge in [0.25, 0.3) is 0 Å². The molecule has 1 aromatic rings. The van der Waals surface area contributed by atoms with E-state index in [0.717, 1.165) is 18.2 Å². The lowest BCUT2D eigenvalue weighted by molar-refractivity contribution is -0.0500. The van der Waals surface area contributed by atoms with E-state index in [1.807, 2.05) is 0 Å². The van der Waals surface area contributed by atoms with Crippen LogP contribution in [0.1, 0.15) is 10.4 Å². The van der Waals surface area contributed by atoms with E-state index in [-0.39, 0.29) is 5.56 Å². The van der Waals surface area contributed by atoms with Crippen molar-refractivity contribution in [1.29, 1.82) is 0 Å². The van der Waals surface area contributed by atoms with Crippen molar-refractivity contribution in [2.75, 3.05) is 0 Å². The minimum absolute atomic E-state index is 0.0757. The molecule has 94 valence electrons. The van der Waals surface area contributed by atoms with E-state index in [4.69, 9.17) is 11.6 Å². The highest BCUT2D eigenvalue weighted by atomic mass is 35.5. The van der Waals surface area contributed by atoms with Gasteiger partial charge in [-0.25, -0.2) is 0 Å². The monoisotopic (exact) mass is 288 g/mol. The number of hydrogen-bond acceptors (Lipinski definition) is 4. The largest absolute Gasteiger partial charge is 0.534 e. The summed E-state index contributed by atoms with van der Waals surface area (Å²) in [5, 5.41) is -0.414. The fourth-order valence-corrected chi connectivity index (χ4v) is 1.57. The van der Waals surface area contributed by atoms with Crippen molar-refractivity contribution in [3.8, 4) is 5.75 Å². The van der Waals surface area contributed by atoms with E-state index in [2.05, 4.69) is 4.18 Å². The van der Waals surface area contributed by atoms with Crippen molar-refractivity contribution in [2.24, 2.45) is 0 Å². The summed E-state index contributed by atoms with van der Waals surface area (Å²) in [6.07, 6.45) is 0.397. The minimum Gasteiger partial charge on any atom is -0.374 e. The Labute approximate surface area is 99.1 Å². The van der Waals surface area contributed by atoms with Crippen molar-refractivity contribution >= 4 is 28.0 Å². The van der Waals surface area contributed by atoms with Crippen LogP contribution in [-0.2, 0) is 10.1 Å². The van der Waals surface area contributed by atoms with Crippen LogP contribution in [0.3, 0.4) is 0 Å². The van der Waals surface area contributed by atoms with Gasteiger partial charge in [0.05, 0.1) is 5.02 Å². The first-order valence-corrected chi connectivity index (χ1v) is 5.71. The fraction of sp³-hybridized carbons (Fsp3) is 0.125. The zero-order valence-corrected chi connectivity index (χ0v) is 9.43. The van der Waals surface area contributed by atoms with Crippen LogP contribution in [0.25, 0.3) is 0 Å². The zero-order valence-electron chi connectivity index (χ0n) is 7.86. The number of benzene rings is 1. The maximum absolute atomic E-state index is 12.0. The maximum Gasteiger partial charge on any atom is 0.534 e. The molecular weight excluding hydrogens is 285 g/mol. The number of rotatable bonds is 3. The highest BCUT2D eigenvalue weighted by Gasteiger charge is 2.48. The van der Waals surface area contributed by atoms with Gasteiger partial charge in [-0.2, -0.15) is 21.6 Å². The Balaban J connectivity index is 3.09. The second-order valence-corrected chi connectivity index (χ2v) is 4.74. The summed E-state index contributed by atoms with van der Waals surface area (Å²) >= 11 is 5.45. The van der Waals surface area contributed by atoms with E-state index in [1.54, 1.807) is 0 Å². The van der Waals surface area contributed by atoms with Gasteiger partial charge in [0.2, 0.25) is 0 Å².